The quantitative estimate of drug-likeness (QED) is 0.694. The fourth-order valence-electron chi connectivity index (χ4n) is 2.36. The fourth-order valence-corrected chi connectivity index (χ4v) is 4.05. The Bertz CT molecular complexity index is 731. The fraction of sp³-hybridized carbons (Fsp3) is 0.250. The van der Waals surface area contributed by atoms with Crippen LogP contribution >= 0.6 is 27.3 Å². The minimum Gasteiger partial charge on any atom is -0.459 e. The van der Waals surface area contributed by atoms with E-state index in [2.05, 4.69) is 64.7 Å². The van der Waals surface area contributed by atoms with Gasteiger partial charge in [-0.1, -0.05) is 18.6 Å². The maximum absolute atomic E-state index is 6.04. The van der Waals surface area contributed by atoms with Gasteiger partial charge in [0.25, 0.3) is 0 Å². The van der Waals surface area contributed by atoms with E-state index >= 15 is 0 Å². The van der Waals surface area contributed by atoms with Gasteiger partial charge in [-0.3, -0.25) is 0 Å². The Morgan fingerprint density at radius 3 is 2.85 bits per heavy atom. The van der Waals surface area contributed by atoms with Crippen LogP contribution in [0, 0.1) is 6.92 Å². The molecule has 0 amide bonds. The molecule has 4 heteroatoms. The van der Waals surface area contributed by atoms with Crippen molar-refractivity contribution in [2.75, 3.05) is 6.54 Å². The number of halogens is 1. The zero-order valence-electron chi connectivity index (χ0n) is 11.4. The third-order valence-electron chi connectivity index (χ3n) is 3.29. The molecule has 0 saturated carbocycles. The lowest BCUT2D eigenvalue weighted by atomic mass is 10.1. The summed E-state index contributed by atoms with van der Waals surface area (Å²) in [6.45, 7) is 5.11. The van der Waals surface area contributed by atoms with Crippen molar-refractivity contribution in [1.29, 1.82) is 0 Å². The van der Waals surface area contributed by atoms with Gasteiger partial charge in [0.15, 0.2) is 0 Å². The predicted octanol–water partition coefficient (Wildman–Crippen LogP) is 5.26. The summed E-state index contributed by atoms with van der Waals surface area (Å²) >= 11 is 5.35. The van der Waals surface area contributed by atoms with Crippen LogP contribution in [-0.4, -0.2) is 6.54 Å². The smallest absolute Gasteiger partial charge is 0.134 e. The van der Waals surface area contributed by atoms with Gasteiger partial charge in [0.2, 0.25) is 0 Å². The van der Waals surface area contributed by atoms with Crippen molar-refractivity contribution in [1.82, 2.24) is 5.32 Å². The second kappa shape index (κ2) is 5.72. The Hall–Kier alpha value is -1.10. The molecule has 2 aromatic heterocycles. The zero-order chi connectivity index (χ0) is 14.1. The Kier molecular flexibility index (Phi) is 3.96. The highest BCUT2D eigenvalue weighted by molar-refractivity contribution is 9.10. The van der Waals surface area contributed by atoms with E-state index in [-0.39, 0.29) is 6.04 Å². The Labute approximate surface area is 130 Å². The van der Waals surface area contributed by atoms with Crippen LogP contribution in [0.3, 0.4) is 0 Å². The van der Waals surface area contributed by atoms with Gasteiger partial charge in [0.05, 0.1) is 0 Å². The van der Waals surface area contributed by atoms with Crippen molar-refractivity contribution in [3.05, 3.63) is 56.4 Å². The Morgan fingerprint density at radius 1 is 1.30 bits per heavy atom. The van der Waals surface area contributed by atoms with E-state index in [9.17, 15) is 0 Å². The molecule has 1 N–H and O–H groups in total. The van der Waals surface area contributed by atoms with E-state index in [1.807, 2.05) is 6.07 Å². The Balaban J connectivity index is 2.07. The maximum Gasteiger partial charge on any atom is 0.134 e. The molecule has 1 aromatic carbocycles. The molecule has 0 saturated heterocycles. The van der Waals surface area contributed by atoms with Crippen molar-refractivity contribution >= 4 is 38.2 Å². The third kappa shape index (κ3) is 2.55. The number of nitrogens with one attached hydrogen (secondary N) is 1. The van der Waals surface area contributed by atoms with E-state index in [1.54, 1.807) is 11.3 Å². The molecule has 2 nitrogen and oxygen atoms in total. The van der Waals surface area contributed by atoms with Crippen molar-refractivity contribution in [3.63, 3.8) is 0 Å². The van der Waals surface area contributed by atoms with Crippen LogP contribution in [0.4, 0.5) is 0 Å². The number of hydrogen-bond donors (Lipinski definition) is 1. The van der Waals surface area contributed by atoms with Crippen LogP contribution < -0.4 is 5.32 Å². The third-order valence-corrected chi connectivity index (χ3v) is 5.23. The maximum atomic E-state index is 6.04. The molecule has 104 valence electrons. The van der Waals surface area contributed by atoms with Crippen molar-refractivity contribution in [2.24, 2.45) is 0 Å². The molecule has 0 bridgehead atoms. The molecule has 3 rings (SSSR count). The number of thiophene rings is 1. The first-order valence-corrected chi connectivity index (χ1v) is 8.32. The summed E-state index contributed by atoms with van der Waals surface area (Å²) in [6.07, 6.45) is 0. The molecule has 1 unspecified atom stereocenters. The van der Waals surface area contributed by atoms with Crippen LogP contribution in [0.5, 0.6) is 0 Å². The van der Waals surface area contributed by atoms with Crippen molar-refractivity contribution in [3.8, 4) is 0 Å². The van der Waals surface area contributed by atoms with Gasteiger partial charge in [0.1, 0.15) is 17.4 Å². The van der Waals surface area contributed by atoms with E-state index in [4.69, 9.17) is 4.42 Å². The summed E-state index contributed by atoms with van der Waals surface area (Å²) in [7, 11) is 0. The zero-order valence-corrected chi connectivity index (χ0v) is 13.8. The van der Waals surface area contributed by atoms with Gasteiger partial charge in [-0.05, 0) is 59.0 Å². The molecule has 1 atom stereocenters. The first kappa shape index (κ1) is 13.9. The molecule has 0 radical (unpaired) electrons. The minimum absolute atomic E-state index is 0.0991. The topological polar surface area (TPSA) is 25.2 Å². The number of hydrogen-bond acceptors (Lipinski definition) is 3. The highest BCUT2D eigenvalue weighted by atomic mass is 79.9. The highest BCUT2D eigenvalue weighted by Gasteiger charge is 2.21. The van der Waals surface area contributed by atoms with E-state index in [0.717, 1.165) is 27.7 Å². The van der Waals surface area contributed by atoms with Crippen LogP contribution in [0.1, 0.15) is 29.2 Å². The van der Waals surface area contributed by atoms with Crippen molar-refractivity contribution < 1.29 is 4.42 Å². The summed E-state index contributed by atoms with van der Waals surface area (Å²) < 4.78 is 7.17. The second-order valence-corrected chi connectivity index (χ2v) is 6.62. The highest BCUT2D eigenvalue weighted by Crippen LogP contribution is 2.35. The largest absolute Gasteiger partial charge is 0.459 e. The molecule has 0 spiro atoms. The molecular formula is C16H16BrNOS. The van der Waals surface area contributed by atoms with E-state index in [1.165, 1.54) is 10.4 Å². The SMILES string of the molecule is CCNC(c1cc2cc(C)ccc2o1)c1sccc1Br. The number of fused-ring (bicyclic) bond motifs is 1. The van der Waals surface area contributed by atoms with Crippen LogP contribution in [0.15, 0.2) is 44.6 Å². The van der Waals surface area contributed by atoms with Crippen LogP contribution in [0.25, 0.3) is 11.0 Å². The standard InChI is InChI=1S/C16H16BrNOS/c1-3-18-15(16-12(17)6-7-20-16)14-9-11-8-10(2)4-5-13(11)19-14/h4-9,15,18H,3H2,1-2H3. The molecular weight excluding hydrogens is 334 g/mol. The van der Waals surface area contributed by atoms with Gasteiger partial charge in [-0.15, -0.1) is 11.3 Å². The van der Waals surface area contributed by atoms with E-state index < -0.39 is 0 Å². The number of benzene rings is 1. The summed E-state index contributed by atoms with van der Waals surface area (Å²) in [6, 6.07) is 10.6. The summed E-state index contributed by atoms with van der Waals surface area (Å²) in [5.74, 6) is 0.968. The van der Waals surface area contributed by atoms with Gasteiger partial charge < -0.3 is 9.73 Å². The first-order chi connectivity index (χ1) is 9.69. The van der Waals surface area contributed by atoms with Gasteiger partial charge in [0, 0.05) is 14.7 Å². The van der Waals surface area contributed by atoms with Gasteiger partial charge in [-0.25, -0.2) is 0 Å². The lowest BCUT2D eigenvalue weighted by Crippen LogP contribution is -2.20. The average molecular weight is 350 g/mol. The number of rotatable bonds is 4. The minimum atomic E-state index is 0.0991. The van der Waals surface area contributed by atoms with E-state index in [0.29, 0.717) is 0 Å². The number of furan rings is 1. The summed E-state index contributed by atoms with van der Waals surface area (Å²) in [5.41, 5.74) is 2.20. The van der Waals surface area contributed by atoms with Crippen LogP contribution in [-0.2, 0) is 0 Å². The normalized spacial score (nSPS) is 12.9. The predicted molar refractivity (Wildman–Crippen MR) is 88.5 cm³/mol. The molecule has 3 aromatic rings. The molecule has 2 heterocycles. The number of aryl methyl sites for hydroxylation is 1. The van der Waals surface area contributed by atoms with Crippen molar-refractivity contribution in [2.45, 2.75) is 19.9 Å². The Morgan fingerprint density at radius 2 is 2.15 bits per heavy atom. The monoisotopic (exact) mass is 349 g/mol. The summed E-state index contributed by atoms with van der Waals surface area (Å²) in [4.78, 5) is 1.25. The molecule has 20 heavy (non-hydrogen) atoms. The second-order valence-electron chi connectivity index (χ2n) is 4.81. The van der Waals surface area contributed by atoms with Gasteiger partial charge in [-0.2, -0.15) is 0 Å². The molecule has 0 aliphatic carbocycles. The lowest BCUT2D eigenvalue weighted by Gasteiger charge is -2.14. The molecule has 0 aliphatic rings. The average Bonchev–Trinajstić information content (AvgIpc) is 3.01. The summed E-state index contributed by atoms with van der Waals surface area (Å²) in [5, 5.41) is 6.76. The first-order valence-electron chi connectivity index (χ1n) is 6.65. The lowest BCUT2D eigenvalue weighted by molar-refractivity contribution is 0.480. The molecule has 0 fully saturated rings. The van der Waals surface area contributed by atoms with Gasteiger partial charge >= 0.3 is 0 Å². The molecule has 0 aliphatic heterocycles. The van der Waals surface area contributed by atoms with Crippen LogP contribution in [0.2, 0.25) is 0 Å².